The number of aromatic amines is 1. The second-order valence-electron chi connectivity index (χ2n) is 5.65. The van der Waals surface area contributed by atoms with Crippen molar-refractivity contribution in [3.05, 3.63) is 35.0 Å². The summed E-state index contributed by atoms with van der Waals surface area (Å²) in [5.74, 6) is 1.20. The molecule has 1 aliphatic carbocycles. The Morgan fingerprint density at radius 2 is 2.05 bits per heavy atom. The molecule has 0 saturated heterocycles. The van der Waals surface area contributed by atoms with Crippen molar-refractivity contribution in [2.24, 2.45) is 11.7 Å². The van der Waals surface area contributed by atoms with Crippen molar-refractivity contribution >= 4 is 22.5 Å². The topological polar surface area (TPSA) is 41.8 Å². The Morgan fingerprint density at radius 3 is 2.79 bits per heavy atom. The summed E-state index contributed by atoms with van der Waals surface area (Å²) in [4.78, 5) is 3.32. The molecule has 1 fully saturated rings. The Balaban J connectivity index is 1.99. The van der Waals surface area contributed by atoms with E-state index in [1.807, 2.05) is 12.1 Å². The lowest BCUT2D eigenvalue weighted by molar-refractivity contribution is 0.308. The van der Waals surface area contributed by atoms with Crippen LogP contribution in [0.1, 0.15) is 43.6 Å². The first-order valence-corrected chi connectivity index (χ1v) is 7.64. The van der Waals surface area contributed by atoms with Gasteiger partial charge in [-0.15, -0.1) is 0 Å². The molecule has 3 rings (SSSR count). The summed E-state index contributed by atoms with van der Waals surface area (Å²) >= 11 is 6.24. The Kier molecular flexibility index (Phi) is 3.81. The van der Waals surface area contributed by atoms with Gasteiger partial charge in [0.15, 0.2) is 0 Å². The van der Waals surface area contributed by atoms with Crippen LogP contribution in [0.2, 0.25) is 5.02 Å². The van der Waals surface area contributed by atoms with Crippen LogP contribution < -0.4 is 5.73 Å². The molecule has 0 amide bonds. The van der Waals surface area contributed by atoms with Crippen LogP contribution in [-0.2, 0) is 0 Å². The molecule has 0 bridgehead atoms. The molecule has 19 heavy (non-hydrogen) atoms. The predicted molar refractivity (Wildman–Crippen MR) is 81.7 cm³/mol. The van der Waals surface area contributed by atoms with E-state index in [0.717, 1.165) is 23.0 Å². The summed E-state index contributed by atoms with van der Waals surface area (Å²) < 4.78 is 0. The average molecular weight is 277 g/mol. The van der Waals surface area contributed by atoms with Gasteiger partial charge in [0.25, 0.3) is 0 Å². The van der Waals surface area contributed by atoms with Gasteiger partial charge in [-0.2, -0.15) is 0 Å². The Bertz CT molecular complexity index is 555. The lowest BCUT2D eigenvalue weighted by Gasteiger charge is -2.29. The molecule has 0 radical (unpaired) electrons. The Labute approximate surface area is 119 Å². The number of halogens is 1. The largest absolute Gasteiger partial charge is 0.360 e. The fraction of sp³-hybridized carbons (Fsp3) is 0.500. The number of nitrogens with two attached hydrogens (primary N) is 1. The van der Waals surface area contributed by atoms with Crippen molar-refractivity contribution in [2.75, 3.05) is 6.54 Å². The van der Waals surface area contributed by atoms with E-state index < -0.39 is 0 Å². The average Bonchev–Trinajstić information content (AvgIpc) is 2.87. The van der Waals surface area contributed by atoms with Crippen molar-refractivity contribution in [1.82, 2.24) is 4.98 Å². The highest BCUT2D eigenvalue weighted by Crippen LogP contribution is 2.39. The fourth-order valence-corrected chi connectivity index (χ4v) is 3.78. The summed E-state index contributed by atoms with van der Waals surface area (Å²) in [5.41, 5.74) is 8.48. The van der Waals surface area contributed by atoms with Gasteiger partial charge >= 0.3 is 0 Å². The minimum absolute atomic E-state index is 0.465. The number of rotatable bonds is 3. The van der Waals surface area contributed by atoms with Crippen LogP contribution >= 0.6 is 11.6 Å². The monoisotopic (exact) mass is 276 g/mol. The van der Waals surface area contributed by atoms with E-state index in [0.29, 0.717) is 5.92 Å². The molecule has 1 saturated carbocycles. The van der Waals surface area contributed by atoms with Crippen molar-refractivity contribution in [1.29, 1.82) is 0 Å². The standard InChI is InChI=1S/C16H21ClN2/c17-15-8-4-7-12-14(10-19-16(12)15)13(9-18)11-5-2-1-3-6-11/h4,7-8,10-11,13,19H,1-3,5-6,9,18H2. The van der Waals surface area contributed by atoms with E-state index in [9.17, 15) is 0 Å². The molecule has 0 aliphatic heterocycles. The van der Waals surface area contributed by atoms with Gasteiger partial charge in [-0.05, 0) is 36.9 Å². The van der Waals surface area contributed by atoms with Crippen molar-refractivity contribution in [2.45, 2.75) is 38.0 Å². The van der Waals surface area contributed by atoms with Crippen molar-refractivity contribution in [3.8, 4) is 0 Å². The number of hydrogen-bond acceptors (Lipinski definition) is 1. The van der Waals surface area contributed by atoms with Crippen LogP contribution in [0.25, 0.3) is 10.9 Å². The zero-order chi connectivity index (χ0) is 13.2. The van der Waals surface area contributed by atoms with Gasteiger partial charge in [-0.25, -0.2) is 0 Å². The maximum atomic E-state index is 6.24. The molecule has 2 aromatic rings. The predicted octanol–water partition coefficient (Wildman–Crippen LogP) is 4.44. The first-order chi connectivity index (χ1) is 9.31. The van der Waals surface area contributed by atoms with Crippen molar-refractivity contribution in [3.63, 3.8) is 0 Å². The number of nitrogens with one attached hydrogen (secondary N) is 1. The third-order valence-electron chi connectivity index (χ3n) is 4.57. The highest BCUT2D eigenvalue weighted by atomic mass is 35.5. The number of aromatic nitrogens is 1. The maximum absolute atomic E-state index is 6.24. The molecule has 1 unspecified atom stereocenters. The van der Waals surface area contributed by atoms with E-state index >= 15 is 0 Å². The lowest BCUT2D eigenvalue weighted by atomic mass is 9.77. The van der Waals surface area contributed by atoms with E-state index in [-0.39, 0.29) is 0 Å². The number of benzene rings is 1. The third-order valence-corrected chi connectivity index (χ3v) is 4.88. The van der Waals surface area contributed by atoms with Gasteiger partial charge in [0.05, 0.1) is 10.5 Å². The van der Waals surface area contributed by atoms with Crippen LogP contribution in [0, 0.1) is 5.92 Å². The number of fused-ring (bicyclic) bond motifs is 1. The first kappa shape index (κ1) is 13.0. The van der Waals surface area contributed by atoms with Crippen LogP contribution in [0.3, 0.4) is 0 Å². The Hall–Kier alpha value is -0.990. The number of H-pyrrole nitrogens is 1. The molecule has 3 N–H and O–H groups in total. The molecular weight excluding hydrogens is 256 g/mol. The molecule has 1 aromatic heterocycles. The minimum atomic E-state index is 0.465. The van der Waals surface area contributed by atoms with E-state index in [2.05, 4.69) is 17.2 Å². The van der Waals surface area contributed by atoms with Crippen LogP contribution in [-0.4, -0.2) is 11.5 Å². The second kappa shape index (κ2) is 5.56. The second-order valence-corrected chi connectivity index (χ2v) is 6.05. The maximum Gasteiger partial charge on any atom is 0.0647 e. The number of hydrogen-bond donors (Lipinski definition) is 2. The minimum Gasteiger partial charge on any atom is -0.360 e. The van der Waals surface area contributed by atoms with Gasteiger partial charge in [0.1, 0.15) is 0 Å². The molecule has 1 aliphatic rings. The van der Waals surface area contributed by atoms with Gasteiger partial charge in [-0.3, -0.25) is 0 Å². The molecular formula is C16H21ClN2. The SMILES string of the molecule is NCC(c1c[nH]c2c(Cl)cccc12)C1CCCCC1. The highest BCUT2D eigenvalue weighted by molar-refractivity contribution is 6.35. The molecule has 1 atom stereocenters. The quantitative estimate of drug-likeness (QED) is 0.855. The fourth-order valence-electron chi connectivity index (χ4n) is 3.56. The van der Waals surface area contributed by atoms with E-state index in [1.165, 1.54) is 43.1 Å². The third kappa shape index (κ3) is 2.39. The van der Waals surface area contributed by atoms with E-state index in [1.54, 1.807) is 0 Å². The van der Waals surface area contributed by atoms with Crippen molar-refractivity contribution < 1.29 is 0 Å². The molecule has 2 nitrogen and oxygen atoms in total. The summed E-state index contributed by atoms with van der Waals surface area (Å²) in [6.45, 7) is 0.726. The molecule has 102 valence electrons. The van der Waals surface area contributed by atoms with Gasteiger partial charge in [0.2, 0.25) is 0 Å². The smallest absolute Gasteiger partial charge is 0.0647 e. The zero-order valence-electron chi connectivity index (χ0n) is 11.2. The lowest BCUT2D eigenvalue weighted by Crippen LogP contribution is -2.23. The normalized spacial score (nSPS) is 18.8. The van der Waals surface area contributed by atoms with Crippen LogP contribution in [0.15, 0.2) is 24.4 Å². The van der Waals surface area contributed by atoms with Gasteiger partial charge < -0.3 is 10.7 Å². The molecule has 0 spiro atoms. The summed E-state index contributed by atoms with van der Waals surface area (Å²) in [7, 11) is 0. The molecule has 3 heteroatoms. The summed E-state index contributed by atoms with van der Waals surface area (Å²) in [6.07, 6.45) is 8.83. The summed E-state index contributed by atoms with van der Waals surface area (Å²) in [6, 6.07) is 6.11. The Morgan fingerprint density at radius 1 is 1.26 bits per heavy atom. The highest BCUT2D eigenvalue weighted by Gasteiger charge is 2.26. The molecule has 1 aromatic carbocycles. The van der Waals surface area contributed by atoms with E-state index in [4.69, 9.17) is 17.3 Å². The van der Waals surface area contributed by atoms with Gasteiger partial charge in [0, 0.05) is 17.5 Å². The van der Waals surface area contributed by atoms with Crippen LogP contribution in [0.5, 0.6) is 0 Å². The first-order valence-electron chi connectivity index (χ1n) is 7.27. The van der Waals surface area contributed by atoms with Crippen LogP contribution in [0.4, 0.5) is 0 Å². The van der Waals surface area contributed by atoms with Gasteiger partial charge in [-0.1, -0.05) is 43.0 Å². The molecule has 1 heterocycles. The zero-order valence-corrected chi connectivity index (χ0v) is 11.9. The summed E-state index contributed by atoms with van der Waals surface area (Å²) in [5, 5.41) is 2.04. The number of para-hydroxylation sites is 1.